The molecule has 30 heavy (non-hydrogen) atoms. The van der Waals surface area contributed by atoms with E-state index in [1.54, 1.807) is 37.4 Å². The number of anilines is 1. The Morgan fingerprint density at radius 3 is 2.67 bits per heavy atom. The van der Waals surface area contributed by atoms with E-state index >= 15 is 0 Å². The van der Waals surface area contributed by atoms with Gasteiger partial charge in [0.25, 0.3) is 11.8 Å². The second kappa shape index (κ2) is 8.16. The van der Waals surface area contributed by atoms with Gasteiger partial charge >= 0.3 is 6.01 Å². The molecule has 4 aromatic rings. The van der Waals surface area contributed by atoms with Gasteiger partial charge in [0.15, 0.2) is 17.1 Å². The van der Waals surface area contributed by atoms with E-state index in [1.807, 2.05) is 19.1 Å². The molecular formula is C21H19N3O6. The predicted molar refractivity (Wildman–Crippen MR) is 108 cm³/mol. The zero-order valence-electron chi connectivity index (χ0n) is 16.6. The van der Waals surface area contributed by atoms with Gasteiger partial charge in [0.2, 0.25) is 0 Å². The highest BCUT2D eigenvalue weighted by Crippen LogP contribution is 2.33. The standard InChI is InChI=1S/C21H19N3O6/c1-4-28-16-7-5-6-12-10-17(29-18(12)16)19(25)22-21-24-23-20(30-21)14-11-13(26-2)8-9-15(14)27-3/h5-11H,4H2,1-3H3,(H,22,24,25). The lowest BCUT2D eigenvalue weighted by atomic mass is 10.2. The third-order valence-electron chi connectivity index (χ3n) is 4.31. The number of carbonyl (C=O) groups is 1. The van der Waals surface area contributed by atoms with E-state index in [0.717, 1.165) is 5.39 Å². The molecular weight excluding hydrogens is 390 g/mol. The van der Waals surface area contributed by atoms with E-state index in [1.165, 1.54) is 7.11 Å². The SMILES string of the molecule is CCOc1cccc2cc(C(=O)Nc3nnc(-c4cc(OC)ccc4OC)o3)oc12. The number of nitrogens with one attached hydrogen (secondary N) is 1. The molecule has 1 amide bonds. The van der Waals surface area contributed by atoms with Crippen molar-refractivity contribution in [3.63, 3.8) is 0 Å². The zero-order valence-corrected chi connectivity index (χ0v) is 16.6. The Bertz CT molecular complexity index is 1200. The molecule has 2 aromatic carbocycles. The molecule has 0 atom stereocenters. The number of carbonyl (C=O) groups excluding carboxylic acids is 1. The van der Waals surface area contributed by atoms with E-state index in [2.05, 4.69) is 15.5 Å². The van der Waals surface area contributed by atoms with E-state index in [0.29, 0.717) is 35.0 Å². The van der Waals surface area contributed by atoms with Crippen LogP contribution in [0.1, 0.15) is 17.5 Å². The van der Waals surface area contributed by atoms with Crippen molar-refractivity contribution in [1.29, 1.82) is 0 Å². The van der Waals surface area contributed by atoms with Crippen LogP contribution in [0.25, 0.3) is 22.4 Å². The summed E-state index contributed by atoms with van der Waals surface area (Å²) < 4.78 is 27.3. The van der Waals surface area contributed by atoms with Gasteiger partial charge in [-0.25, -0.2) is 0 Å². The van der Waals surface area contributed by atoms with Crippen LogP contribution in [0.15, 0.2) is 51.3 Å². The molecule has 0 aliphatic carbocycles. The third kappa shape index (κ3) is 3.64. The second-order valence-corrected chi connectivity index (χ2v) is 6.15. The van der Waals surface area contributed by atoms with Crippen LogP contribution in [-0.4, -0.2) is 36.9 Å². The van der Waals surface area contributed by atoms with E-state index in [-0.39, 0.29) is 17.7 Å². The number of furan rings is 1. The number of ether oxygens (including phenoxy) is 3. The minimum absolute atomic E-state index is 0.0784. The first-order valence-electron chi connectivity index (χ1n) is 9.15. The number of para-hydroxylation sites is 1. The van der Waals surface area contributed by atoms with Crippen molar-refractivity contribution in [2.45, 2.75) is 6.92 Å². The van der Waals surface area contributed by atoms with Crippen LogP contribution in [0.3, 0.4) is 0 Å². The Hall–Kier alpha value is -4.01. The molecule has 0 saturated carbocycles. The summed E-state index contributed by atoms with van der Waals surface area (Å²) in [6, 6.07) is 12.2. The van der Waals surface area contributed by atoms with Gasteiger partial charge in [-0.05, 0) is 37.3 Å². The van der Waals surface area contributed by atoms with E-state index in [9.17, 15) is 4.79 Å². The quantitative estimate of drug-likeness (QED) is 0.485. The molecule has 0 radical (unpaired) electrons. The number of hydrogen-bond acceptors (Lipinski definition) is 8. The first-order chi connectivity index (χ1) is 14.6. The number of fused-ring (bicyclic) bond motifs is 1. The van der Waals surface area contributed by atoms with Crippen LogP contribution in [-0.2, 0) is 0 Å². The monoisotopic (exact) mass is 409 g/mol. The Balaban J connectivity index is 1.58. The average molecular weight is 409 g/mol. The smallest absolute Gasteiger partial charge is 0.322 e. The van der Waals surface area contributed by atoms with Crippen molar-refractivity contribution in [1.82, 2.24) is 10.2 Å². The van der Waals surface area contributed by atoms with Gasteiger partial charge in [-0.15, -0.1) is 5.10 Å². The van der Waals surface area contributed by atoms with Crippen LogP contribution in [0, 0.1) is 0 Å². The van der Waals surface area contributed by atoms with Gasteiger partial charge in [0.05, 0.1) is 26.4 Å². The fourth-order valence-corrected chi connectivity index (χ4v) is 2.94. The highest BCUT2D eigenvalue weighted by molar-refractivity contribution is 6.04. The van der Waals surface area contributed by atoms with Gasteiger partial charge in [-0.1, -0.05) is 17.2 Å². The second-order valence-electron chi connectivity index (χ2n) is 6.15. The molecule has 154 valence electrons. The lowest BCUT2D eigenvalue weighted by molar-refractivity contribution is 0.0995. The Morgan fingerprint density at radius 2 is 1.90 bits per heavy atom. The molecule has 2 aromatic heterocycles. The van der Waals surface area contributed by atoms with Crippen LogP contribution < -0.4 is 19.5 Å². The zero-order chi connectivity index (χ0) is 21.1. The van der Waals surface area contributed by atoms with Crippen LogP contribution in [0.5, 0.6) is 17.2 Å². The molecule has 0 spiro atoms. The van der Waals surface area contributed by atoms with Crippen molar-refractivity contribution < 1.29 is 27.8 Å². The summed E-state index contributed by atoms with van der Waals surface area (Å²) in [6.07, 6.45) is 0. The topological polar surface area (TPSA) is 109 Å². The number of benzene rings is 2. The fraction of sp³-hybridized carbons (Fsp3) is 0.190. The van der Waals surface area contributed by atoms with E-state index in [4.69, 9.17) is 23.0 Å². The summed E-state index contributed by atoms with van der Waals surface area (Å²) >= 11 is 0. The van der Waals surface area contributed by atoms with Gasteiger partial charge in [-0.3, -0.25) is 10.1 Å². The van der Waals surface area contributed by atoms with Crippen LogP contribution in [0.4, 0.5) is 6.01 Å². The van der Waals surface area contributed by atoms with Crippen molar-refractivity contribution in [3.05, 3.63) is 48.2 Å². The molecule has 0 aliphatic heterocycles. The van der Waals surface area contributed by atoms with Crippen molar-refractivity contribution >= 4 is 22.9 Å². The van der Waals surface area contributed by atoms with Crippen molar-refractivity contribution in [2.75, 3.05) is 26.1 Å². The maximum absolute atomic E-state index is 12.6. The normalized spacial score (nSPS) is 10.8. The lowest BCUT2D eigenvalue weighted by Crippen LogP contribution is -2.11. The summed E-state index contributed by atoms with van der Waals surface area (Å²) in [7, 11) is 3.08. The number of rotatable bonds is 7. The fourth-order valence-electron chi connectivity index (χ4n) is 2.94. The summed E-state index contributed by atoms with van der Waals surface area (Å²) in [5.74, 6) is 1.43. The molecule has 9 nitrogen and oxygen atoms in total. The molecule has 1 N–H and O–H groups in total. The molecule has 0 aliphatic rings. The number of hydrogen-bond donors (Lipinski definition) is 1. The molecule has 4 rings (SSSR count). The van der Waals surface area contributed by atoms with Crippen LogP contribution >= 0.6 is 0 Å². The Labute approximate surface area is 171 Å². The Kier molecular flexibility index (Phi) is 5.25. The largest absolute Gasteiger partial charge is 0.497 e. The highest BCUT2D eigenvalue weighted by atomic mass is 16.5. The van der Waals surface area contributed by atoms with Crippen LogP contribution in [0.2, 0.25) is 0 Å². The van der Waals surface area contributed by atoms with Gasteiger partial charge < -0.3 is 23.0 Å². The van der Waals surface area contributed by atoms with Crippen molar-refractivity contribution in [3.8, 4) is 28.7 Å². The number of aromatic nitrogens is 2. The van der Waals surface area contributed by atoms with Gasteiger partial charge in [-0.2, -0.15) is 0 Å². The molecule has 0 fully saturated rings. The molecule has 2 heterocycles. The van der Waals surface area contributed by atoms with Gasteiger partial charge in [0.1, 0.15) is 11.5 Å². The molecule has 9 heteroatoms. The number of amides is 1. The number of methoxy groups -OCH3 is 2. The number of nitrogens with zero attached hydrogens (tertiary/aromatic N) is 2. The molecule has 0 bridgehead atoms. The predicted octanol–water partition coefficient (Wildman–Crippen LogP) is 4.15. The lowest BCUT2D eigenvalue weighted by Gasteiger charge is -2.07. The van der Waals surface area contributed by atoms with E-state index < -0.39 is 5.91 Å². The summed E-state index contributed by atoms with van der Waals surface area (Å²) in [4.78, 5) is 12.6. The molecule has 0 unspecified atom stereocenters. The summed E-state index contributed by atoms with van der Waals surface area (Å²) in [6.45, 7) is 2.36. The summed E-state index contributed by atoms with van der Waals surface area (Å²) in [5, 5.41) is 11.1. The first-order valence-corrected chi connectivity index (χ1v) is 9.15. The van der Waals surface area contributed by atoms with Crippen molar-refractivity contribution in [2.24, 2.45) is 0 Å². The minimum atomic E-state index is -0.526. The van der Waals surface area contributed by atoms with Gasteiger partial charge in [0, 0.05) is 5.39 Å². The maximum atomic E-state index is 12.6. The Morgan fingerprint density at radius 1 is 1.03 bits per heavy atom. The minimum Gasteiger partial charge on any atom is -0.497 e. The highest BCUT2D eigenvalue weighted by Gasteiger charge is 2.19. The summed E-state index contributed by atoms with van der Waals surface area (Å²) in [5.41, 5.74) is 1.03. The molecule has 0 saturated heterocycles. The average Bonchev–Trinajstić information content (AvgIpc) is 3.41. The third-order valence-corrected chi connectivity index (χ3v) is 4.31. The maximum Gasteiger partial charge on any atom is 0.322 e. The first kappa shape index (κ1) is 19.3.